The normalized spacial score (nSPS) is 26.1. The van der Waals surface area contributed by atoms with Gasteiger partial charge in [0.25, 0.3) is 0 Å². The zero-order valence-corrected chi connectivity index (χ0v) is 11.1. The van der Waals surface area contributed by atoms with Crippen LogP contribution in [0.5, 0.6) is 5.88 Å². The van der Waals surface area contributed by atoms with Gasteiger partial charge < -0.3 is 15.4 Å². The molecule has 0 saturated heterocycles. The molecular weight excluding hydrogens is 242 g/mol. The van der Waals surface area contributed by atoms with E-state index in [1.54, 1.807) is 13.2 Å². The number of aromatic nitrogens is 1. The van der Waals surface area contributed by atoms with Crippen LogP contribution in [-0.4, -0.2) is 24.0 Å². The van der Waals surface area contributed by atoms with Crippen molar-refractivity contribution in [2.75, 3.05) is 17.7 Å². The maximum absolute atomic E-state index is 12.3. The van der Waals surface area contributed by atoms with Crippen LogP contribution >= 0.6 is 0 Å². The average molecular weight is 261 g/mol. The molecule has 2 atom stereocenters. The van der Waals surface area contributed by atoms with Crippen molar-refractivity contribution in [2.24, 2.45) is 5.92 Å². The Kier molecular flexibility index (Phi) is 3.27. The van der Waals surface area contributed by atoms with Crippen molar-refractivity contribution in [1.29, 1.82) is 0 Å². The van der Waals surface area contributed by atoms with E-state index < -0.39 is 0 Å². The van der Waals surface area contributed by atoms with E-state index in [0.717, 1.165) is 30.8 Å². The molecule has 2 heterocycles. The van der Waals surface area contributed by atoms with E-state index >= 15 is 0 Å². The Hall–Kier alpha value is -1.78. The van der Waals surface area contributed by atoms with Crippen LogP contribution in [0.4, 0.5) is 11.5 Å². The van der Waals surface area contributed by atoms with Crippen molar-refractivity contribution in [3.05, 3.63) is 12.1 Å². The van der Waals surface area contributed by atoms with Crippen LogP contribution < -0.4 is 15.4 Å². The van der Waals surface area contributed by atoms with E-state index in [4.69, 9.17) is 4.74 Å². The summed E-state index contributed by atoms with van der Waals surface area (Å²) in [5.41, 5.74) is 0.749. The Morgan fingerprint density at radius 3 is 2.95 bits per heavy atom. The first-order valence-electron chi connectivity index (χ1n) is 6.90. The Bertz CT molecular complexity index is 490. The van der Waals surface area contributed by atoms with E-state index in [1.165, 1.54) is 12.8 Å². The van der Waals surface area contributed by atoms with Gasteiger partial charge in [-0.2, -0.15) is 4.98 Å². The molecule has 1 saturated carbocycles. The van der Waals surface area contributed by atoms with Gasteiger partial charge in [0.1, 0.15) is 0 Å². The molecule has 19 heavy (non-hydrogen) atoms. The van der Waals surface area contributed by atoms with Crippen molar-refractivity contribution in [1.82, 2.24) is 4.98 Å². The first kappa shape index (κ1) is 12.3. The van der Waals surface area contributed by atoms with Gasteiger partial charge in [0, 0.05) is 12.1 Å². The minimum absolute atomic E-state index is 0.0442. The number of carbonyl (C=O) groups is 1. The molecule has 1 aromatic heterocycles. The quantitative estimate of drug-likeness (QED) is 0.815. The molecule has 1 aliphatic carbocycles. The highest BCUT2D eigenvalue weighted by atomic mass is 16.5. The molecule has 1 aliphatic heterocycles. The van der Waals surface area contributed by atoms with E-state index in [9.17, 15) is 4.79 Å². The third-order valence-electron chi connectivity index (χ3n) is 4.01. The van der Waals surface area contributed by atoms with Crippen LogP contribution in [0, 0.1) is 5.92 Å². The Labute approximate surface area is 112 Å². The summed E-state index contributed by atoms with van der Waals surface area (Å²) in [5, 5.41) is 6.41. The summed E-state index contributed by atoms with van der Waals surface area (Å²) in [5.74, 6) is 1.45. The van der Waals surface area contributed by atoms with Crippen LogP contribution in [0.1, 0.15) is 32.1 Å². The largest absolute Gasteiger partial charge is 0.481 e. The van der Waals surface area contributed by atoms with Gasteiger partial charge in [-0.15, -0.1) is 0 Å². The molecule has 1 amide bonds. The fourth-order valence-electron chi connectivity index (χ4n) is 2.96. The SMILES string of the molecule is COc1ccc2c(n1)NC1CCCCCC1C(=O)N2. The van der Waals surface area contributed by atoms with Crippen LogP contribution in [0.2, 0.25) is 0 Å². The molecular formula is C14H19N3O2. The fourth-order valence-corrected chi connectivity index (χ4v) is 2.96. The molecule has 3 rings (SSSR count). The van der Waals surface area contributed by atoms with Gasteiger partial charge in [-0.05, 0) is 18.9 Å². The molecule has 5 heteroatoms. The number of rotatable bonds is 1. The summed E-state index contributed by atoms with van der Waals surface area (Å²) >= 11 is 0. The van der Waals surface area contributed by atoms with E-state index in [0.29, 0.717) is 5.88 Å². The van der Waals surface area contributed by atoms with Gasteiger partial charge >= 0.3 is 0 Å². The summed E-state index contributed by atoms with van der Waals surface area (Å²) in [6.07, 6.45) is 5.48. The number of anilines is 2. The summed E-state index contributed by atoms with van der Waals surface area (Å²) in [7, 11) is 1.60. The lowest BCUT2D eigenvalue weighted by Gasteiger charge is -2.21. The molecule has 2 N–H and O–H groups in total. The predicted octanol–water partition coefficient (Wildman–Crippen LogP) is 2.40. The second-order valence-corrected chi connectivity index (χ2v) is 5.23. The average Bonchev–Trinajstić information content (AvgIpc) is 2.71. The number of hydrogen-bond acceptors (Lipinski definition) is 4. The standard InChI is InChI=1S/C14H19N3O2/c1-19-12-8-7-11-13(17-12)15-10-6-4-2-3-5-9(10)14(18)16-11/h7-10H,2-6H2,1H3,(H,15,17)(H,16,18). The molecule has 0 spiro atoms. The monoisotopic (exact) mass is 261 g/mol. The summed E-state index contributed by atoms with van der Waals surface area (Å²) in [6.45, 7) is 0. The first-order valence-corrected chi connectivity index (χ1v) is 6.90. The Morgan fingerprint density at radius 2 is 2.11 bits per heavy atom. The topological polar surface area (TPSA) is 63.2 Å². The molecule has 5 nitrogen and oxygen atoms in total. The number of pyridine rings is 1. The van der Waals surface area contributed by atoms with Crippen LogP contribution in [0.25, 0.3) is 0 Å². The lowest BCUT2D eigenvalue weighted by molar-refractivity contribution is -0.120. The van der Waals surface area contributed by atoms with Crippen molar-refractivity contribution in [3.63, 3.8) is 0 Å². The first-order chi connectivity index (χ1) is 9.28. The lowest BCUT2D eigenvalue weighted by atomic mass is 9.94. The van der Waals surface area contributed by atoms with Crippen molar-refractivity contribution < 1.29 is 9.53 Å². The third kappa shape index (κ3) is 2.37. The number of carbonyl (C=O) groups excluding carboxylic acids is 1. The van der Waals surface area contributed by atoms with Crippen molar-refractivity contribution in [2.45, 2.75) is 38.1 Å². The number of nitrogens with zero attached hydrogens (tertiary/aromatic N) is 1. The van der Waals surface area contributed by atoms with Crippen LogP contribution in [-0.2, 0) is 4.79 Å². The van der Waals surface area contributed by atoms with E-state index in [2.05, 4.69) is 15.6 Å². The second kappa shape index (κ2) is 5.07. The molecule has 0 radical (unpaired) electrons. The highest BCUT2D eigenvalue weighted by molar-refractivity contribution is 5.97. The Balaban J connectivity index is 1.94. The highest BCUT2D eigenvalue weighted by Gasteiger charge is 2.33. The molecule has 2 aliphatic rings. The number of nitrogens with one attached hydrogen (secondary N) is 2. The molecule has 102 valence electrons. The Morgan fingerprint density at radius 1 is 1.26 bits per heavy atom. The maximum atomic E-state index is 12.3. The van der Waals surface area contributed by atoms with Crippen LogP contribution in [0.3, 0.4) is 0 Å². The van der Waals surface area contributed by atoms with Gasteiger partial charge in [0.2, 0.25) is 11.8 Å². The zero-order valence-electron chi connectivity index (χ0n) is 11.1. The number of ether oxygens (including phenoxy) is 1. The molecule has 1 aromatic rings. The van der Waals surface area contributed by atoms with Gasteiger partial charge in [-0.25, -0.2) is 0 Å². The van der Waals surface area contributed by atoms with Gasteiger partial charge in [0.15, 0.2) is 5.82 Å². The smallest absolute Gasteiger partial charge is 0.229 e. The molecule has 2 unspecified atom stereocenters. The maximum Gasteiger partial charge on any atom is 0.229 e. The zero-order chi connectivity index (χ0) is 13.2. The fraction of sp³-hybridized carbons (Fsp3) is 0.571. The number of methoxy groups -OCH3 is 1. The number of hydrogen-bond donors (Lipinski definition) is 2. The van der Waals surface area contributed by atoms with Crippen molar-refractivity contribution in [3.8, 4) is 5.88 Å². The summed E-state index contributed by atoms with van der Waals surface area (Å²) in [6, 6.07) is 3.79. The van der Waals surface area contributed by atoms with Crippen molar-refractivity contribution >= 4 is 17.4 Å². The number of fused-ring (bicyclic) bond motifs is 2. The molecule has 0 aromatic carbocycles. The van der Waals surface area contributed by atoms with E-state index in [-0.39, 0.29) is 17.9 Å². The van der Waals surface area contributed by atoms with Gasteiger partial charge in [0.05, 0.1) is 18.7 Å². The second-order valence-electron chi connectivity index (χ2n) is 5.23. The molecule has 1 fully saturated rings. The predicted molar refractivity (Wildman–Crippen MR) is 73.4 cm³/mol. The highest BCUT2D eigenvalue weighted by Crippen LogP contribution is 2.33. The van der Waals surface area contributed by atoms with E-state index in [1.807, 2.05) is 6.07 Å². The summed E-state index contributed by atoms with van der Waals surface area (Å²) < 4.78 is 5.14. The molecule has 0 bridgehead atoms. The van der Waals surface area contributed by atoms with Gasteiger partial charge in [-0.1, -0.05) is 19.3 Å². The lowest BCUT2D eigenvalue weighted by Crippen LogP contribution is -2.34. The minimum atomic E-state index is 0.0442. The third-order valence-corrected chi connectivity index (χ3v) is 4.01. The minimum Gasteiger partial charge on any atom is -0.481 e. The summed E-state index contributed by atoms with van der Waals surface area (Å²) in [4.78, 5) is 16.7. The number of amides is 1. The van der Waals surface area contributed by atoms with Gasteiger partial charge in [-0.3, -0.25) is 4.79 Å². The van der Waals surface area contributed by atoms with Crippen LogP contribution in [0.15, 0.2) is 12.1 Å².